The fourth-order valence-electron chi connectivity index (χ4n) is 5.97. The van der Waals surface area contributed by atoms with Gasteiger partial charge in [-0.3, -0.25) is 19.5 Å². The maximum Gasteiger partial charge on any atom is 0.277 e. The van der Waals surface area contributed by atoms with Crippen molar-refractivity contribution in [1.82, 2.24) is 30.6 Å². The zero-order valence-electron chi connectivity index (χ0n) is 27.5. The van der Waals surface area contributed by atoms with Crippen molar-refractivity contribution in [3.05, 3.63) is 150 Å². The van der Waals surface area contributed by atoms with Crippen molar-refractivity contribution in [2.75, 3.05) is 11.4 Å². The number of anilines is 1. The third-order valence-corrected chi connectivity index (χ3v) is 8.52. The van der Waals surface area contributed by atoms with E-state index < -0.39 is 6.04 Å². The van der Waals surface area contributed by atoms with Gasteiger partial charge in [0.2, 0.25) is 5.91 Å². The van der Waals surface area contributed by atoms with Crippen LogP contribution in [0.3, 0.4) is 0 Å². The molecule has 48 heavy (non-hydrogen) atoms. The fourth-order valence-corrected chi connectivity index (χ4v) is 5.97. The van der Waals surface area contributed by atoms with E-state index in [-0.39, 0.29) is 29.0 Å². The Morgan fingerprint density at radius 2 is 1.62 bits per heavy atom. The summed E-state index contributed by atoms with van der Waals surface area (Å²) in [5.74, 6) is -0.697. The Balaban J connectivity index is 1.36. The Labute approximate surface area is 280 Å². The summed E-state index contributed by atoms with van der Waals surface area (Å²) in [4.78, 5) is 45.2. The number of benzene rings is 3. The number of pyridine rings is 1. The number of fused-ring (bicyclic) bond motifs is 1. The van der Waals surface area contributed by atoms with E-state index in [0.29, 0.717) is 30.8 Å². The summed E-state index contributed by atoms with van der Waals surface area (Å²) in [6.45, 7) is 7.58. The molecular weight excluding hydrogens is 598 g/mol. The molecule has 0 fully saturated rings. The van der Waals surface area contributed by atoms with E-state index in [9.17, 15) is 9.59 Å². The first-order chi connectivity index (χ1) is 23.3. The topological polar surface area (TPSA) is 119 Å². The third-order valence-electron chi connectivity index (χ3n) is 8.52. The first-order valence-corrected chi connectivity index (χ1v) is 16.2. The molecule has 3 heterocycles. The van der Waals surface area contributed by atoms with Crippen LogP contribution in [0.15, 0.2) is 122 Å². The Kier molecular flexibility index (Phi) is 9.78. The van der Waals surface area contributed by atoms with Gasteiger partial charge in [-0.05, 0) is 52.8 Å². The van der Waals surface area contributed by atoms with Gasteiger partial charge in [0.15, 0.2) is 0 Å². The predicted molar refractivity (Wildman–Crippen MR) is 190 cm³/mol. The molecule has 0 radical (unpaired) electrons. The Morgan fingerprint density at radius 3 is 2.33 bits per heavy atom. The minimum atomic E-state index is -1.02. The summed E-state index contributed by atoms with van der Waals surface area (Å²) in [7, 11) is 0. The SMILES string of the molecule is CC(C)(C)c1ccc(N(C(=O)c2cnc[nH]2)C(C(=O)N[C@@H](CNCc2ccccc2)Cc2c[nH]c3ccccc23)c2cccnc2)cc1. The van der Waals surface area contributed by atoms with Gasteiger partial charge in [0.25, 0.3) is 5.91 Å². The zero-order valence-corrected chi connectivity index (χ0v) is 27.5. The number of rotatable bonds is 12. The molecule has 2 amide bonds. The number of imidazole rings is 1. The lowest BCUT2D eigenvalue weighted by Crippen LogP contribution is -2.50. The van der Waals surface area contributed by atoms with Crippen LogP contribution in [0, 0.1) is 0 Å². The molecule has 3 aromatic carbocycles. The lowest BCUT2D eigenvalue weighted by molar-refractivity contribution is -0.123. The second kappa shape index (κ2) is 14.5. The number of para-hydroxylation sites is 1. The number of carbonyl (C=O) groups is 2. The average molecular weight is 640 g/mol. The quantitative estimate of drug-likeness (QED) is 0.122. The summed E-state index contributed by atoms with van der Waals surface area (Å²) in [5.41, 5.74) is 5.77. The van der Waals surface area contributed by atoms with Crippen LogP contribution in [0.5, 0.6) is 0 Å². The van der Waals surface area contributed by atoms with Crippen LogP contribution in [0.4, 0.5) is 5.69 Å². The number of aromatic amines is 2. The maximum atomic E-state index is 14.7. The van der Waals surface area contributed by atoms with Crippen LogP contribution < -0.4 is 15.5 Å². The van der Waals surface area contributed by atoms with Crippen LogP contribution in [0.1, 0.15) is 59.6 Å². The van der Waals surface area contributed by atoms with E-state index in [4.69, 9.17) is 0 Å². The number of hydrogen-bond donors (Lipinski definition) is 4. The first kappa shape index (κ1) is 32.4. The number of carbonyl (C=O) groups excluding carboxylic acids is 2. The number of nitrogens with one attached hydrogen (secondary N) is 4. The van der Waals surface area contributed by atoms with Crippen LogP contribution in [0.25, 0.3) is 10.9 Å². The molecule has 0 saturated carbocycles. The molecule has 0 aliphatic heterocycles. The normalized spacial score (nSPS) is 12.8. The molecule has 2 atom stereocenters. The second-order valence-electron chi connectivity index (χ2n) is 13.0. The molecule has 6 aromatic rings. The van der Waals surface area contributed by atoms with Gasteiger partial charge in [-0.1, -0.05) is 87.5 Å². The lowest BCUT2D eigenvalue weighted by Gasteiger charge is -2.33. The summed E-state index contributed by atoms with van der Waals surface area (Å²) in [5, 5.41) is 7.98. The molecule has 0 spiro atoms. The monoisotopic (exact) mass is 639 g/mol. The minimum Gasteiger partial charge on any atom is -0.361 e. The molecule has 9 heteroatoms. The third kappa shape index (κ3) is 7.53. The molecule has 0 aliphatic carbocycles. The van der Waals surface area contributed by atoms with E-state index in [1.165, 1.54) is 17.4 Å². The van der Waals surface area contributed by atoms with E-state index in [1.54, 1.807) is 18.5 Å². The Bertz CT molecular complexity index is 1930. The van der Waals surface area contributed by atoms with Crippen molar-refractivity contribution in [3.63, 3.8) is 0 Å². The van der Waals surface area contributed by atoms with Gasteiger partial charge in [0, 0.05) is 59.9 Å². The molecule has 0 aliphatic rings. The van der Waals surface area contributed by atoms with Crippen molar-refractivity contribution in [1.29, 1.82) is 0 Å². The van der Waals surface area contributed by atoms with Gasteiger partial charge in [0.05, 0.1) is 12.5 Å². The molecular formula is C39H41N7O2. The molecule has 0 bridgehead atoms. The number of amides is 2. The summed E-state index contributed by atoms with van der Waals surface area (Å²) < 4.78 is 0. The lowest BCUT2D eigenvalue weighted by atomic mass is 9.87. The summed E-state index contributed by atoms with van der Waals surface area (Å²) >= 11 is 0. The molecule has 4 N–H and O–H groups in total. The van der Waals surface area contributed by atoms with Gasteiger partial charge < -0.3 is 20.6 Å². The molecule has 244 valence electrons. The van der Waals surface area contributed by atoms with Gasteiger partial charge in [0.1, 0.15) is 11.7 Å². The predicted octanol–water partition coefficient (Wildman–Crippen LogP) is 6.49. The van der Waals surface area contributed by atoms with E-state index in [2.05, 4.69) is 69.5 Å². The minimum absolute atomic E-state index is 0.0841. The summed E-state index contributed by atoms with van der Waals surface area (Å²) in [6, 6.07) is 28.4. The van der Waals surface area contributed by atoms with Crippen molar-refractivity contribution < 1.29 is 9.59 Å². The second-order valence-corrected chi connectivity index (χ2v) is 13.0. The van der Waals surface area contributed by atoms with Crippen molar-refractivity contribution in [2.24, 2.45) is 0 Å². The van der Waals surface area contributed by atoms with E-state index in [1.807, 2.05) is 72.9 Å². The first-order valence-electron chi connectivity index (χ1n) is 16.2. The molecule has 9 nitrogen and oxygen atoms in total. The van der Waals surface area contributed by atoms with Crippen molar-refractivity contribution >= 4 is 28.4 Å². The molecule has 3 aromatic heterocycles. The number of hydrogen-bond acceptors (Lipinski definition) is 5. The highest BCUT2D eigenvalue weighted by molar-refractivity contribution is 6.09. The van der Waals surface area contributed by atoms with Crippen LogP contribution in [-0.2, 0) is 23.2 Å². The van der Waals surface area contributed by atoms with Crippen molar-refractivity contribution in [2.45, 2.75) is 51.2 Å². The van der Waals surface area contributed by atoms with Gasteiger partial charge in [-0.2, -0.15) is 0 Å². The van der Waals surface area contributed by atoms with Crippen LogP contribution in [0.2, 0.25) is 0 Å². The highest BCUT2D eigenvalue weighted by Gasteiger charge is 2.35. The average Bonchev–Trinajstić information content (AvgIpc) is 3.78. The standard InChI is InChI=1S/C39H41N7O2/c1-39(2,3)30-15-17-32(18-16-30)46(38(48)35-25-42-26-44-35)36(28-12-9-19-40-22-28)37(47)45-31(24-41-21-27-10-5-4-6-11-27)20-29-23-43-34-14-8-7-13-33(29)34/h4-19,22-23,25-26,31,36,41,43H,20-21,24H2,1-3H3,(H,42,44)(H,45,47)/t31-,36?/m1/s1. The fraction of sp³-hybridized carbons (Fsp3) is 0.231. The van der Waals surface area contributed by atoms with Gasteiger partial charge in [-0.25, -0.2) is 4.98 Å². The molecule has 0 saturated heterocycles. The molecule has 1 unspecified atom stereocenters. The van der Waals surface area contributed by atoms with Crippen LogP contribution >= 0.6 is 0 Å². The van der Waals surface area contributed by atoms with Crippen LogP contribution in [-0.4, -0.2) is 44.3 Å². The zero-order chi connectivity index (χ0) is 33.5. The van der Waals surface area contributed by atoms with E-state index in [0.717, 1.165) is 27.6 Å². The van der Waals surface area contributed by atoms with E-state index >= 15 is 0 Å². The van der Waals surface area contributed by atoms with Crippen molar-refractivity contribution in [3.8, 4) is 0 Å². The van der Waals surface area contributed by atoms with Gasteiger partial charge in [-0.15, -0.1) is 0 Å². The van der Waals surface area contributed by atoms with Gasteiger partial charge >= 0.3 is 0 Å². The maximum absolute atomic E-state index is 14.7. The highest BCUT2D eigenvalue weighted by Crippen LogP contribution is 2.32. The highest BCUT2D eigenvalue weighted by atomic mass is 16.2. The number of nitrogens with zero attached hydrogens (tertiary/aromatic N) is 3. The largest absolute Gasteiger partial charge is 0.361 e. The number of aromatic nitrogens is 4. The summed E-state index contributed by atoms with van der Waals surface area (Å²) in [6.07, 6.45) is 8.82. The Hall–Kier alpha value is -5.54. The number of H-pyrrole nitrogens is 2. The smallest absolute Gasteiger partial charge is 0.277 e. The molecule has 6 rings (SSSR count). The Morgan fingerprint density at radius 1 is 0.854 bits per heavy atom.